The van der Waals surface area contributed by atoms with Crippen molar-refractivity contribution >= 4 is 17.5 Å². The van der Waals surface area contributed by atoms with Crippen LogP contribution in [-0.2, 0) is 19.1 Å². The highest BCUT2D eigenvalue weighted by Crippen LogP contribution is 2.70. The number of hydrogen-bond acceptors (Lipinski definition) is 5. The number of fused-ring (bicyclic) bond motifs is 5. The zero-order valence-electron chi connectivity index (χ0n) is 17.7. The number of allylic oxidation sites excluding steroid dienone is 1. The van der Waals surface area contributed by atoms with Crippen LogP contribution in [0.2, 0.25) is 0 Å². The topological polar surface area (TPSA) is 80.7 Å². The molecule has 0 aromatic rings. The van der Waals surface area contributed by atoms with E-state index in [9.17, 15) is 19.5 Å². The van der Waals surface area contributed by atoms with Crippen LogP contribution in [0.4, 0.5) is 4.39 Å². The molecular weight excluding hydrogens is 375 g/mol. The van der Waals surface area contributed by atoms with Crippen molar-refractivity contribution in [3.63, 3.8) is 0 Å². The SMILES string of the molecule is CC(=O)O[C@]1(C(C)=O)CCC2C3CCC4=CC(=O)CC[C@]4(C)[C@@]3(F)[C@@H](O)C[C@@]21C. The Morgan fingerprint density at radius 3 is 2.45 bits per heavy atom. The second kappa shape index (κ2) is 6.22. The molecular formula is C23H31FO5. The van der Waals surface area contributed by atoms with Gasteiger partial charge in [-0.05, 0) is 57.4 Å². The molecule has 1 N–H and O–H groups in total. The minimum atomic E-state index is -1.86. The van der Waals surface area contributed by atoms with E-state index in [1.54, 1.807) is 6.08 Å². The minimum Gasteiger partial charge on any atom is -0.451 e. The van der Waals surface area contributed by atoms with E-state index in [2.05, 4.69) is 0 Å². The molecule has 0 aromatic carbocycles. The molecule has 2 unspecified atom stereocenters. The fraction of sp³-hybridized carbons (Fsp3) is 0.783. The van der Waals surface area contributed by atoms with Gasteiger partial charge in [-0.2, -0.15) is 0 Å². The largest absolute Gasteiger partial charge is 0.451 e. The molecule has 0 aromatic heterocycles. The molecule has 0 radical (unpaired) electrons. The highest BCUT2D eigenvalue weighted by Gasteiger charge is 2.75. The molecule has 0 heterocycles. The van der Waals surface area contributed by atoms with Crippen LogP contribution in [0, 0.1) is 22.7 Å². The summed E-state index contributed by atoms with van der Waals surface area (Å²) in [5.74, 6) is -1.35. The number of esters is 1. The van der Waals surface area contributed by atoms with Gasteiger partial charge in [0.2, 0.25) is 0 Å². The first-order valence-electron chi connectivity index (χ1n) is 10.7. The van der Waals surface area contributed by atoms with Gasteiger partial charge in [-0.15, -0.1) is 0 Å². The molecule has 0 bridgehead atoms. The highest BCUT2D eigenvalue weighted by atomic mass is 19.1. The smallest absolute Gasteiger partial charge is 0.303 e. The third kappa shape index (κ3) is 2.38. The van der Waals surface area contributed by atoms with Crippen molar-refractivity contribution in [2.24, 2.45) is 22.7 Å². The fourth-order valence-electron chi connectivity index (χ4n) is 7.62. The number of alkyl halides is 1. The molecule has 4 aliphatic carbocycles. The van der Waals surface area contributed by atoms with Crippen LogP contribution in [0.25, 0.3) is 0 Å². The van der Waals surface area contributed by atoms with Crippen molar-refractivity contribution in [2.45, 2.75) is 90.0 Å². The molecule has 160 valence electrons. The van der Waals surface area contributed by atoms with Gasteiger partial charge in [0.1, 0.15) is 5.67 Å². The van der Waals surface area contributed by atoms with Crippen molar-refractivity contribution in [3.05, 3.63) is 11.6 Å². The molecule has 6 heteroatoms. The molecule has 4 aliphatic rings. The predicted molar refractivity (Wildman–Crippen MR) is 104 cm³/mol. The molecule has 0 saturated heterocycles. The average molecular weight is 406 g/mol. The third-order valence-corrected chi connectivity index (χ3v) is 9.05. The predicted octanol–water partition coefficient (Wildman–Crippen LogP) is 3.47. The molecule has 0 aliphatic heterocycles. The van der Waals surface area contributed by atoms with Crippen LogP contribution in [0.15, 0.2) is 11.6 Å². The standard InChI is InChI=1S/C23H31FO5/c1-13(25)22(29-14(2)26)10-8-17-18-6-5-15-11-16(27)7-9-20(15,3)23(18,24)19(28)12-21(17,22)4/h11,17-19,28H,5-10,12H2,1-4H3/t17?,18?,19-,20-,21-,22-,23-/m0/s1. The average Bonchev–Trinajstić information content (AvgIpc) is 2.90. The summed E-state index contributed by atoms with van der Waals surface area (Å²) in [6, 6.07) is 0. The maximum atomic E-state index is 17.0. The summed E-state index contributed by atoms with van der Waals surface area (Å²) in [7, 11) is 0. The summed E-state index contributed by atoms with van der Waals surface area (Å²) in [5, 5.41) is 11.3. The van der Waals surface area contributed by atoms with E-state index in [-0.39, 0.29) is 30.3 Å². The Bertz CT molecular complexity index is 820. The molecule has 4 rings (SSSR count). The second-order valence-electron chi connectivity index (χ2n) is 10.1. The van der Waals surface area contributed by atoms with E-state index in [4.69, 9.17) is 4.74 Å². The van der Waals surface area contributed by atoms with Crippen LogP contribution in [0.5, 0.6) is 0 Å². The lowest BCUT2D eigenvalue weighted by atomic mass is 9.44. The normalized spacial score (nSPS) is 48.8. The Hall–Kier alpha value is -1.56. The Morgan fingerprint density at radius 2 is 1.83 bits per heavy atom. The molecule has 0 amide bonds. The van der Waals surface area contributed by atoms with E-state index in [0.717, 1.165) is 5.57 Å². The fourth-order valence-corrected chi connectivity index (χ4v) is 7.62. The molecule has 0 spiro atoms. The van der Waals surface area contributed by atoms with Gasteiger partial charge >= 0.3 is 5.97 Å². The molecule has 5 nitrogen and oxygen atoms in total. The zero-order valence-corrected chi connectivity index (χ0v) is 17.7. The van der Waals surface area contributed by atoms with Crippen molar-refractivity contribution in [2.75, 3.05) is 0 Å². The monoisotopic (exact) mass is 406 g/mol. The summed E-state index contributed by atoms with van der Waals surface area (Å²) in [5.41, 5.74) is -4.05. The summed E-state index contributed by atoms with van der Waals surface area (Å²) in [4.78, 5) is 36.6. The number of Topliss-reactive ketones (excluding diaryl/α,β-unsaturated/α-hetero) is 1. The first-order valence-corrected chi connectivity index (χ1v) is 10.7. The van der Waals surface area contributed by atoms with Crippen molar-refractivity contribution < 1.29 is 28.6 Å². The number of ketones is 2. The van der Waals surface area contributed by atoms with Gasteiger partial charge in [0.15, 0.2) is 17.2 Å². The van der Waals surface area contributed by atoms with Gasteiger partial charge in [0.25, 0.3) is 0 Å². The lowest BCUT2D eigenvalue weighted by molar-refractivity contribution is -0.231. The van der Waals surface area contributed by atoms with E-state index in [0.29, 0.717) is 32.1 Å². The maximum Gasteiger partial charge on any atom is 0.303 e. The Labute approximate surface area is 171 Å². The van der Waals surface area contributed by atoms with Crippen LogP contribution < -0.4 is 0 Å². The molecule has 29 heavy (non-hydrogen) atoms. The van der Waals surface area contributed by atoms with Gasteiger partial charge in [-0.3, -0.25) is 14.4 Å². The third-order valence-electron chi connectivity index (χ3n) is 9.05. The lowest BCUT2D eigenvalue weighted by Crippen LogP contribution is -2.69. The number of carbonyl (C=O) groups is 3. The number of ether oxygens (including phenoxy) is 1. The summed E-state index contributed by atoms with van der Waals surface area (Å²) >= 11 is 0. The van der Waals surface area contributed by atoms with E-state index in [1.807, 2.05) is 13.8 Å². The molecule has 7 atom stereocenters. The number of carbonyl (C=O) groups excluding carboxylic acids is 3. The summed E-state index contributed by atoms with van der Waals surface area (Å²) in [6.45, 7) is 6.45. The van der Waals surface area contributed by atoms with E-state index in [1.165, 1.54) is 13.8 Å². The Kier molecular flexibility index (Phi) is 4.44. The van der Waals surface area contributed by atoms with E-state index < -0.39 is 40.1 Å². The number of halogens is 1. The van der Waals surface area contributed by atoms with Crippen LogP contribution in [0.1, 0.15) is 72.6 Å². The van der Waals surface area contributed by atoms with Gasteiger partial charge < -0.3 is 9.84 Å². The number of aliphatic hydroxyl groups is 1. The maximum absolute atomic E-state index is 17.0. The quantitative estimate of drug-likeness (QED) is 0.710. The van der Waals surface area contributed by atoms with Gasteiger partial charge in [-0.1, -0.05) is 19.4 Å². The van der Waals surface area contributed by atoms with Gasteiger partial charge in [-0.25, -0.2) is 4.39 Å². The number of aliphatic hydroxyl groups excluding tert-OH is 1. The second-order valence-corrected chi connectivity index (χ2v) is 10.1. The number of rotatable bonds is 2. The first-order chi connectivity index (χ1) is 13.4. The summed E-state index contributed by atoms with van der Waals surface area (Å²) < 4.78 is 22.6. The van der Waals surface area contributed by atoms with Crippen LogP contribution in [-0.4, -0.2) is 40.0 Å². The Balaban J connectivity index is 1.81. The zero-order chi connectivity index (χ0) is 21.4. The highest BCUT2D eigenvalue weighted by molar-refractivity contribution is 5.92. The van der Waals surface area contributed by atoms with Gasteiger partial charge in [0.05, 0.1) is 6.10 Å². The number of hydrogen-bond donors (Lipinski definition) is 1. The minimum absolute atomic E-state index is 0.0287. The van der Waals surface area contributed by atoms with Gasteiger partial charge in [0, 0.05) is 30.1 Å². The Morgan fingerprint density at radius 1 is 1.14 bits per heavy atom. The molecule has 3 fully saturated rings. The first kappa shape index (κ1) is 20.7. The van der Waals surface area contributed by atoms with Crippen molar-refractivity contribution in [1.82, 2.24) is 0 Å². The lowest BCUT2D eigenvalue weighted by Gasteiger charge is -2.63. The van der Waals surface area contributed by atoms with Crippen LogP contribution >= 0.6 is 0 Å². The van der Waals surface area contributed by atoms with Crippen molar-refractivity contribution in [1.29, 1.82) is 0 Å². The summed E-state index contributed by atoms with van der Waals surface area (Å²) in [6.07, 6.45) is 3.15. The van der Waals surface area contributed by atoms with Crippen LogP contribution in [0.3, 0.4) is 0 Å². The van der Waals surface area contributed by atoms with Crippen molar-refractivity contribution in [3.8, 4) is 0 Å². The van der Waals surface area contributed by atoms with E-state index >= 15 is 4.39 Å². The molecule has 3 saturated carbocycles.